The summed E-state index contributed by atoms with van der Waals surface area (Å²) < 4.78 is 16.1. The van der Waals surface area contributed by atoms with Crippen LogP contribution in [0.3, 0.4) is 0 Å². The third kappa shape index (κ3) is 3.90. The van der Waals surface area contributed by atoms with Gasteiger partial charge in [0.05, 0.1) is 16.7 Å². The molecule has 0 radical (unpaired) electrons. The van der Waals surface area contributed by atoms with Gasteiger partial charge in [-0.1, -0.05) is 19.9 Å². The van der Waals surface area contributed by atoms with E-state index in [0.717, 1.165) is 43.1 Å². The van der Waals surface area contributed by atoms with Crippen LogP contribution in [-0.2, 0) is 6.42 Å². The highest BCUT2D eigenvalue weighted by molar-refractivity contribution is 5.94. The molecule has 0 aliphatic carbocycles. The Morgan fingerprint density at radius 1 is 1.26 bits per heavy atom. The number of fused-ring (bicyclic) bond motifs is 1. The molecular formula is C22H22FN5O3. The van der Waals surface area contributed by atoms with Crippen molar-refractivity contribution in [3.05, 3.63) is 69.9 Å². The van der Waals surface area contributed by atoms with Crippen LogP contribution in [0.2, 0.25) is 0 Å². The van der Waals surface area contributed by atoms with E-state index in [1.807, 2.05) is 6.92 Å². The van der Waals surface area contributed by atoms with Gasteiger partial charge in [-0.2, -0.15) is 5.10 Å². The average Bonchev–Trinajstić information content (AvgIpc) is 3.06. The summed E-state index contributed by atoms with van der Waals surface area (Å²) in [6, 6.07) is 6.71. The molecule has 1 fully saturated rings. The molecule has 0 bridgehead atoms. The van der Waals surface area contributed by atoms with Gasteiger partial charge in [-0.15, -0.1) is 0 Å². The van der Waals surface area contributed by atoms with Crippen LogP contribution in [0.1, 0.15) is 48.8 Å². The quantitative estimate of drug-likeness (QED) is 0.454. The van der Waals surface area contributed by atoms with E-state index in [9.17, 15) is 19.3 Å². The summed E-state index contributed by atoms with van der Waals surface area (Å²) in [5.74, 6) is -0.943. The molecule has 160 valence electrons. The number of carbonyl (C=O) groups is 1. The number of nitro benzene ring substituents is 1. The van der Waals surface area contributed by atoms with Gasteiger partial charge in [0.2, 0.25) is 0 Å². The standard InChI is InChI=1S/C22H22FN5O3/c1-3-15-12-20(22(29)26-10-6-4-5-7-14(26)2)24-21-13-19(25-27(15)21)17-9-8-16(28(30)31)11-18(17)23/h8-9,11-13H,2-7,10H2,1H3. The molecular weight excluding hydrogens is 401 g/mol. The number of aromatic nitrogens is 3. The third-order valence-electron chi connectivity index (χ3n) is 5.50. The van der Waals surface area contributed by atoms with E-state index in [2.05, 4.69) is 16.7 Å². The van der Waals surface area contributed by atoms with E-state index in [1.54, 1.807) is 21.5 Å². The van der Waals surface area contributed by atoms with Gasteiger partial charge in [0.25, 0.3) is 11.6 Å². The minimum absolute atomic E-state index is 0.131. The first-order valence-electron chi connectivity index (χ1n) is 10.2. The molecule has 0 unspecified atom stereocenters. The van der Waals surface area contributed by atoms with Crippen molar-refractivity contribution in [1.29, 1.82) is 0 Å². The summed E-state index contributed by atoms with van der Waals surface area (Å²) in [4.78, 5) is 29.6. The smallest absolute Gasteiger partial charge is 0.276 e. The Hall–Kier alpha value is -3.62. The number of hydrogen-bond donors (Lipinski definition) is 0. The van der Waals surface area contributed by atoms with E-state index in [-0.39, 0.29) is 17.2 Å². The Bertz CT molecular complexity index is 1200. The summed E-state index contributed by atoms with van der Waals surface area (Å²) in [6.07, 6.45) is 4.36. The molecule has 3 aromatic rings. The lowest BCUT2D eigenvalue weighted by molar-refractivity contribution is -0.385. The van der Waals surface area contributed by atoms with Gasteiger partial charge in [0, 0.05) is 35.6 Å². The second-order valence-corrected chi connectivity index (χ2v) is 7.54. The van der Waals surface area contributed by atoms with Crippen LogP contribution < -0.4 is 0 Å². The summed E-state index contributed by atoms with van der Waals surface area (Å²) in [7, 11) is 0. The zero-order valence-electron chi connectivity index (χ0n) is 17.2. The van der Waals surface area contributed by atoms with Crippen LogP contribution in [0.15, 0.2) is 42.6 Å². The molecule has 0 spiro atoms. The van der Waals surface area contributed by atoms with Gasteiger partial charge in [0.15, 0.2) is 5.65 Å². The lowest BCUT2D eigenvalue weighted by atomic mass is 10.1. The number of carbonyl (C=O) groups excluding carboxylic acids is 1. The second kappa shape index (κ2) is 8.25. The fourth-order valence-corrected chi connectivity index (χ4v) is 3.81. The minimum Gasteiger partial charge on any atom is -0.311 e. The first-order chi connectivity index (χ1) is 14.9. The Morgan fingerprint density at radius 2 is 2.06 bits per heavy atom. The molecule has 4 rings (SSSR count). The van der Waals surface area contributed by atoms with Crippen LogP contribution in [0, 0.1) is 15.9 Å². The average molecular weight is 423 g/mol. The first-order valence-corrected chi connectivity index (χ1v) is 10.2. The van der Waals surface area contributed by atoms with Crippen molar-refractivity contribution in [2.45, 2.75) is 39.0 Å². The number of allylic oxidation sites excluding steroid dienone is 1. The zero-order valence-corrected chi connectivity index (χ0v) is 17.2. The molecule has 2 aromatic heterocycles. The highest BCUT2D eigenvalue weighted by Crippen LogP contribution is 2.27. The number of amides is 1. The van der Waals surface area contributed by atoms with Crippen molar-refractivity contribution < 1.29 is 14.1 Å². The van der Waals surface area contributed by atoms with Crippen molar-refractivity contribution in [2.75, 3.05) is 6.54 Å². The zero-order chi connectivity index (χ0) is 22.1. The summed E-state index contributed by atoms with van der Waals surface area (Å²) in [5.41, 5.74) is 2.35. The number of nitrogens with zero attached hydrogens (tertiary/aromatic N) is 5. The van der Waals surface area contributed by atoms with Gasteiger partial charge in [-0.25, -0.2) is 13.9 Å². The third-order valence-corrected chi connectivity index (χ3v) is 5.50. The van der Waals surface area contributed by atoms with Crippen molar-refractivity contribution in [2.24, 2.45) is 0 Å². The summed E-state index contributed by atoms with van der Waals surface area (Å²) >= 11 is 0. The molecule has 9 heteroatoms. The maximum atomic E-state index is 14.5. The van der Waals surface area contributed by atoms with E-state index in [1.165, 1.54) is 12.1 Å². The number of hydrogen-bond acceptors (Lipinski definition) is 5. The lowest BCUT2D eigenvalue weighted by Crippen LogP contribution is -2.31. The maximum absolute atomic E-state index is 14.5. The van der Waals surface area contributed by atoms with Gasteiger partial charge in [0.1, 0.15) is 11.5 Å². The van der Waals surface area contributed by atoms with Gasteiger partial charge >= 0.3 is 0 Å². The number of nitro groups is 1. The fraction of sp³-hybridized carbons (Fsp3) is 0.318. The predicted molar refractivity (Wildman–Crippen MR) is 113 cm³/mol. The second-order valence-electron chi connectivity index (χ2n) is 7.54. The van der Waals surface area contributed by atoms with E-state index in [0.29, 0.717) is 30.0 Å². The van der Waals surface area contributed by atoms with Crippen molar-refractivity contribution >= 4 is 17.2 Å². The molecule has 1 saturated heterocycles. The molecule has 1 aliphatic heterocycles. The fourth-order valence-electron chi connectivity index (χ4n) is 3.81. The predicted octanol–water partition coefficient (Wildman–Crippen LogP) is 4.54. The number of likely N-dealkylation sites (tertiary alicyclic amines) is 1. The maximum Gasteiger partial charge on any atom is 0.276 e. The molecule has 0 N–H and O–H groups in total. The summed E-state index contributed by atoms with van der Waals surface area (Å²) in [6.45, 7) is 6.60. The van der Waals surface area contributed by atoms with Gasteiger partial charge in [-0.3, -0.25) is 14.9 Å². The minimum atomic E-state index is -0.743. The molecule has 8 nitrogen and oxygen atoms in total. The van der Waals surface area contributed by atoms with Crippen LogP contribution in [0.4, 0.5) is 10.1 Å². The van der Waals surface area contributed by atoms with Gasteiger partial charge < -0.3 is 4.90 Å². The number of rotatable bonds is 4. The van der Waals surface area contributed by atoms with Crippen molar-refractivity contribution in [3.63, 3.8) is 0 Å². The largest absolute Gasteiger partial charge is 0.311 e. The number of non-ortho nitro benzene ring substituents is 1. The Kier molecular flexibility index (Phi) is 5.50. The lowest BCUT2D eigenvalue weighted by Gasteiger charge is -2.22. The Labute approximate surface area is 178 Å². The number of halogens is 1. The molecule has 1 amide bonds. The number of aryl methyl sites for hydroxylation is 1. The Balaban J connectivity index is 1.76. The molecule has 3 heterocycles. The van der Waals surface area contributed by atoms with E-state index < -0.39 is 10.7 Å². The molecule has 0 saturated carbocycles. The SMILES string of the molecule is C=C1CCCCCN1C(=O)c1cc(CC)n2nc(-c3ccc([N+](=O)[O-])cc3F)cc2n1. The normalized spacial score (nSPS) is 14.6. The van der Waals surface area contributed by atoms with Crippen molar-refractivity contribution in [1.82, 2.24) is 19.5 Å². The summed E-state index contributed by atoms with van der Waals surface area (Å²) in [5, 5.41) is 15.3. The van der Waals surface area contributed by atoms with Crippen molar-refractivity contribution in [3.8, 4) is 11.3 Å². The molecule has 0 atom stereocenters. The van der Waals surface area contributed by atoms with Crippen LogP contribution in [0.25, 0.3) is 16.9 Å². The van der Waals surface area contributed by atoms with Crippen LogP contribution in [0.5, 0.6) is 0 Å². The molecule has 31 heavy (non-hydrogen) atoms. The van der Waals surface area contributed by atoms with E-state index >= 15 is 0 Å². The first kappa shape index (κ1) is 20.6. The topological polar surface area (TPSA) is 93.6 Å². The number of benzene rings is 1. The highest BCUT2D eigenvalue weighted by atomic mass is 19.1. The monoisotopic (exact) mass is 423 g/mol. The Morgan fingerprint density at radius 3 is 2.77 bits per heavy atom. The molecule has 1 aromatic carbocycles. The molecule has 1 aliphatic rings. The van der Waals surface area contributed by atoms with Gasteiger partial charge in [-0.05, 0) is 37.8 Å². The highest BCUT2D eigenvalue weighted by Gasteiger charge is 2.23. The van der Waals surface area contributed by atoms with Crippen LogP contribution >= 0.6 is 0 Å². The van der Waals surface area contributed by atoms with E-state index in [4.69, 9.17) is 0 Å². The van der Waals surface area contributed by atoms with Crippen LogP contribution in [-0.4, -0.2) is 36.9 Å².